The van der Waals surface area contributed by atoms with Gasteiger partial charge in [0.1, 0.15) is 0 Å². The average molecular weight is 287 g/mol. The van der Waals surface area contributed by atoms with Crippen LogP contribution in [0.2, 0.25) is 0 Å². The Bertz CT molecular complexity index is 298. The van der Waals surface area contributed by atoms with E-state index in [4.69, 9.17) is 0 Å². The lowest BCUT2D eigenvalue weighted by Crippen LogP contribution is -2.32. The Balaban J connectivity index is 2.27. The Morgan fingerprint density at radius 1 is 1.38 bits per heavy atom. The third-order valence-electron chi connectivity index (χ3n) is 2.76. The van der Waals surface area contributed by atoms with Crippen molar-refractivity contribution in [3.8, 4) is 0 Å². The normalized spacial score (nSPS) is 22.8. The molecule has 0 bridgehead atoms. The van der Waals surface area contributed by atoms with Crippen molar-refractivity contribution in [3.05, 3.63) is 35.4 Å². The maximum atomic E-state index is 2.45. The molecule has 0 spiro atoms. The van der Waals surface area contributed by atoms with Gasteiger partial charge in [0.05, 0.1) is 0 Å². The van der Waals surface area contributed by atoms with Crippen LogP contribution < -0.4 is 0 Å². The summed E-state index contributed by atoms with van der Waals surface area (Å²) in [4.78, 5) is 0. The van der Waals surface area contributed by atoms with Crippen LogP contribution in [0.1, 0.15) is 24.5 Å². The molecular weight excluding hydrogens is 273 g/mol. The van der Waals surface area contributed by atoms with E-state index >= 15 is 0 Å². The Morgan fingerprint density at radius 3 is 2.77 bits per heavy atom. The van der Waals surface area contributed by atoms with Crippen LogP contribution in [0, 0.1) is 0 Å². The van der Waals surface area contributed by atoms with Gasteiger partial charge in [-0.25, -0.2) is 3.11 Å². The van der Waals surface area contributed by atoms with Crippen LogP contribution in [0.5, 0.6) is 0 Å². The topological polar surface area (TPSA) is 3.24 Å². The van der Waals surface area contributed by atoms with E-state index < -0.39 is 0 Å². The first kappa shape index (κ1) is 9.46. The van der Waals surface area contributed by atoms with Crippen molar-refractivity contribution in [2.75, 3.05) is 0 Å². The number of rotatable bonds is 1. The van der Waals surface area contributed by atoms with E-state index in [1.165, 1.54) is 18.4 Å². The smallest absolute Gasteiger partial charge is 0.0338 e. The molecule has 13 heavy (non-hydrogen) atoms. The molecule has 1 unspecified atom stereocenters. The van der Waals surface area contributed by atoms with Crippen LogP contribution in [-0.2, 0) is 13.0 Å². The summed E-state index contributed by atoms with van der Waals surface area (Å²) in [6, 6.07) is 9.52. The van der Waals surface area contributed by atoms with Gasteiger partial charge in [-0.2, -0.15) is 0 Å². The average Bonchev–Trinajstić information content (AvgIpc) is 2.17. The maximum absolute atomic E-state index is 2.45. The molecule has 1 atom stereocenters. The number of nitrogens with zero attached hydrogens (tertiary/aromatic N) is 1. The molecule has 1 nitrogen and oxygen atoms in total. The third-order valence-corrected chi connectivity index (χ3v) is 3.89. The molecule has 1 aliphatic heterocycles. The lowest BCUT2D eigenvalue weighted by molar-refractivity contribution is 0.341. The fraction of sp³-hybridized carbons (Fsp3) is 0.455. The second-order valence-electron chi connectivity index (χ2n) is 3.59. The molecule has 2 heteroatoms. The Morgan fingerprint density at radius 2 is 2.08 bits per heavy atom. The molecule has 0 saturated heterocycles. The van der Waals surface area contributed by atoms with Gasteiger partial charge in [-0.15, -0.1) is 0 Å². The molecule has 0 amide bonds. The van der Waals surface area contributed by atoms with E-state index in [9.17, 15) is 0 Å². The summed E-state index contributed by atoms with van der Waals surface area (Å²) in [5.41, 5.74) is 3.05. The van der Waals surface area contributed by atoms with Gasteiger partial charge in [0.15, 0.2) is 0 Å². The van der Waals surface area contributed by atoms with E-state index in [0.29, 0.717) is 0 Å². The molecule has 0 N–H and O–H groups in total. The van der Waals surface area contributed by atoms with Gasteiger partial charge in [0.25, 0.3) is 0 Å². The molecule has 1 heterocycles. The number of benzene rings is 1. The lowest BCUT2D eigenvalue weighted by atomic mass is 9.95. The first-order chi connectivity index (χ1) is 6.31. The van der Waals surface area contributed by atoms with Gasteiger partial charge in [-0.3, -0.25) is 0 Å². The number of hydrogen-bond donors (Lipinski definition) is 0. The van der Waals surface area contributed by atoms with E-state index in [1.807, 2.05) is 0 Å². The van der Waals surface area contributed by atoms with Crippen LogP contribution >= 0.6 is 22.9 Å². The maximum Gasteiger partial charge on any atom is 0.0338 e. The summed E-state index contributed by atoms with van der Waals surface area (Å²) in [7, 11) is 0. The van der Waals surface area contributed by atoms with Gasteiger partial charge < -0.3 is 0 Å². The molecule has 70 valence electrons. The summed E-state index contributed by atoms with van der Waals surface area (Å²) in [5.74, 6) is 0. The quantitative estimate of drug-likeness (QED) is 0.566. The van der Waals surface area contributed by atoms with Crippen molar-refractivity contribution >= 4 is 22.9 Å². The van der Waals surface area contributed by atoms with Crippen LogP contribution in [0.3, 0.4) is 0 Å². The van der Waals surface area contributed by atoms with Crippen molar-refractivity contribution in [1.82, 2.24) is 3.11 Å². The van der Waals surface area contributed by atoms with Gasteiger partial charge in [-0.05, 0) is 24.0 Å². The number of hydrogen-bond acceptors (Lipinski definition) is 1. The highest BCUT2D eigenvalue weighted by Crippen LogP contribution is 2.27. The molecule has 1 aromatic carbocycles. The second-order valence-corrected chi connectivity index (χ2v) is 4.83. The van der Waals surface area contributed by atoms with Crippen LogP contribution in [0.25, 0.3) is 0 Å². The molecular formula is C11H14IN. The number of fused-ring (bicyclic) bond motifs is 1. The predicted octanol–water partition coefficient (Wildman–Crippen LogP) is 3.17. The van der Waals surface area contributed by atoms with Gasteiger partial charge in [0, 0.05) is 35.5 Å². The summed E-state index contributed by atoms with van der Waals surface area (Å²) in [6.07, 6.45) is 2.47. The molecule has 1 aromatic rings. The van der Waals surface area contributed by atoms with Crippen molar-refractivity contribution < 1.29 is 0 Å². The Kier molecular flexibility index (Phi) is 2.89. The summed E-state index contributed by atoms with van der Waals surface area (Å²) in [5, 5.41) is 0. The van der Waals surface area contributed by atoms with Crippen molar-refractivity contribution in [3.63, 3.8) is 0 Å². The van der Waals surface area contributed by atoms with E-state index in [0.717, 1.165) is 12.6 Å². The van der Waals surface area contributed by atoms with E-state index in [1.54, 1.807) is 5.56 Å². The minimum absolute atomic E-state index is 0.732. The molecule has 0 aromatic heterocycles. The SMILES string of the molecule is CCC1Cc2ccccc2CN1I. The second kappa shape index (κ2) is 3.96. The molecule has 1 aliphatic rings. The Hall–Kier alpha value is -0.0900. The fourth-order valence-corrected chi connectivity index (χ4v) is 2.86. The zero-order valence-corrected chi connectivity index (χ0v) is 9.99. The molecule has 0 fully saturated rings. The molecule has 0 radical (unpaired) electrons. The van der Waals surface area contributed by atoms with Crippen LogP contribution in [-0.4, -0.2) is 9.16 Å². The molecule has 2 rings (SSSR count). The van der Waals surface area contributed by atoms with Crippen LogP contribution in [0.15, 0.2) is 24.3 Å². The monoisotopic (exact) mass is 287 g/mol. The zero-order chi connectivity index (χ0) is 9.26. The van der Waals surface area contributed by atoms with Crippen LogP contribution in [0.4, 0.5) is 0 Å². The number of halogens is 1. The van der Waals surface area contributed by atoms with Crippen molar-refractivity contribution in [1.29, 1.82) is 0 Å². The first-order valence-electron chi connectivity index (χ1n) is 4.80. The fourth-order valence-electron chi connectivity index (χ4n) is 1.90. The summed E-state index contributed by atoms with van der Waals surface area (Å²) >= 11 is 2.45. The molecule has 0 saturated carbocycles. The van der Waals surface area contributed by atoms with Gasteiger partial charge in [-0.1, -0.05) is 31.2 Å². The highest BCUT2D eigenvalue weighted by Gasteiger charge is 2.22. The zero-order valence-electron chi connectivity index (χ0n) is 7.83. The largest absolute Gasteiger partial charge is 0.240 e. The van der Waals surface area contributed by atoms with Gasteiger partial charge >= 0.3 is 0 Å². The Labute approximate surface area is 93.6 Å². The summed E-state index contributed by atoms with van der Waals surface area (Å²) in [6.45, 7) is 3.37. The standard InChI is InChI=1S/C11H14IN/c1-2-11-7-9-5-3-4-6-10(9)8-13(11)12/h3-6,11H,2,7-8H2,1H3. The minimum Gasteiger partial charge on any atom is -0.240 e. The minimum atomic E-state index is 0.732. The highest BCUT2D eigenvalue weighted by atomic mass is 127. The van der Waals surface area contributed by atoms with Gasteiger partial charge in [0.2, 0.25) is 0 Å². The summed E-state index contributed by atoms with van der Waals surface area (Å²) < 4.78 is 2.43. The lowest BCUT2D eigenvalue weighted by Gasteiger charge is -2.31. The first-order valence-corrected chi connectivity index (χ1v) is 5.77. The van der Waals surface area contributed by atoms with Crippen molar-refractivity contribution in [2.45, 2.75) is 32.4 Å². The van der Waals surface area contributed by atoms with Crippen molar-refractivity contribution in [2.24, 2.45) is 0 Å². The highest BCUT2D eigenvalue weighted by molar-refractivity contribution is 14.1. The predicted molar refractivity (Wildman–Crippen MR) is 63.8 cm³/mol. The van der Waals surface area contributed by atoms with E-state index in [2.05, 4.69) is 57.2 Å². The third kappa shape index (κ3) is 1.89. The molecule has 0 aliphatic carbocycles. The van der Waals surface area contributed by atoms with E-state index in [-0.39, 0.29) is 0 Å².